The smallest absolute Gasteiger partial charge is 0.137 e. The Hall–Kier alpha value is -2.62. The van der Waals surface area contributed by atoms with Crippen LogP contribution in [0.25, 0.3) is 10.9 Å². The van der Waals surface area contributed by atoms with Crippen molar-refractivity contribution in [1.82, 2.24) is 9.13 Å². The molecule has 0 aliphatic carbocycles. The van der Waals surface area contributed by atoms with Crippen LogP contribution in [0.3, 0.4) is 0 Å². The van der Waals surface area contributed by atoms with E-state index in [4.69, 9.17) is 10.8 Å². The Kier molecular flexibility index (Phi) is 3.45. The maximum atomic E-state index is 8.41. The zero-order valence-corrected chi connectivity index (χ0v) is 13.1. The first-order valence-corrected chi connectivity index (χ1v) is 7.39. The van der Waals surface area contributed by atoms with Crippen LogP contribution in [0, 0.1) is 10.8 Å². The van der Waals surface area contributed by atoms with Gasteiger partial charge in [0.05, 0.1) is 0 Å². The van der Waals surface area contributed by atoms with Gasteiger partial charge in [0.25, 0.3) is 0 Å². The van der Waals surface area contributed by atoms with Crippen molar-refractivity contribution in [1.29, 1.82) is 10.8 Å². The summed E-state index contributed by atoms with van der Waals surface area (Å²) >= 11 is 0. The highest BCUT2D eigenvalue weighted by molar-refractivity contribution is 6.01. The predicted octanol–water partition coefficient (Wildman–Crippen LogP) is 3.46. The molecule has 3 rings (SSSR count). The number of hydrogen-bond acceptors (Lipinski definition) is 2. The van der Waals surface area contributed by atoms with Crippen molar-refractivity contribution in [2.75, 3.05) is 0 Å². The number of fused-ring (bicyclic) bond motifs is 1. The van der Waals surface area contributed by atoms with Gasteiger partial charge in [0.1, 0.15) is 11.3 Å². The maximum absolute atomic E-state index is 8.41. The second kappa shape index (κ2) is 5.30. The van der Waals surface area contributed by atoms with Crippen LogP contribution in [0.5, 0.6) is 0 Å². The number of hydrogen-bond donors (Lipinski definition) is 2. The molecule has 0 amide bonds. The largest absolute Gasteiger partial charge is 0.350 e. The van der Waals surface area contributed by atoms with Gasteiger partial charge in [0.2, 0.25) is 0 Å². The third kappa shape index (κ3) is 2.26. The molecule has 4 nitrogen and oxygen atoms in total. The van der Waals surface area contributed by atoms with Crippen LogP contribution in [0.15, 0.2) is 48.8 Å². The van der Waals surface area contributed by atoms with Gasteiger partial charge in [0, 0.05) is 35.9 Å². The molecule has 1 aromatic carbocycles. The van der Waals surface area contributed by atoms with E-state index < -0.39 is 0 Å². The fourth-order valence-electron chi connectivity index (χ4n) is 2.81. The van der Waals surface area contributed by atoms with Gasteiger partial charge in [-0.3, -0.25) is 15.4 Å². The minimum Gasteiger partial charge on any atom is -0.350 e. The van der Waals surface area contributed by atoms with Crippen molar-refractivity contribution in [3.8, 4) is 0 Å². The van der Waals surface area contributed by atoms with Gasteiger partial charge in [-0.25, -0.2) is 0 Å². The summed E-state index contributed by atoms with van der Waals surface area (Å²) in [6.45, 7) is 4.36. The predicted molar refractivity (Wildman–Crippen MR) is 89.5 cm³/mol. The lowest BCUT2D eigenvalue weighted by molar-refractivity contribution is 0.857. The highest BCUT2D eigenvalue weighted by atomic mass is 15.0. The summed E-state index contributed by atoms with van der Waals surface area (Å²) in [4.78, 5) is 0. The molecule has 0 saturated carbocycles. The van der Waals surface area contributed by atoms with Gasteiger partial charge < -0.3 is 4.57 Å². The number of benzene rings is 1. The molecule has 4 heteroatoms. The lowest BCUT2D eigenvalue weighted by atomic mass is 10.0. The quantitative estimate of drug-likeness (QED) is 0.537. The van der Waals surface area contributed by atoms with Gasteiger partial charge in [-0.05, 0) is 41.8 Å². The first-order chi connectivity index (χ1) is 10.5. The van der Waals surface area contributed by atoms with Gasteiger partial charge >= 0.3 is 0 Å². The van der Waals surface area contributed by atoms with Gasteiger partial charge in [-0.1, -0.05) is 19.9 Å². The zero-order chi connectivity index (χ0) is 15.9. The van der Waals surface area contributed by atoms with E-state index in [2.05, 4.69) is 36.7 Å². The average molecular weight is 292 g/mol. The lowest BCUT2D eigenvalue weighted by Crippen LogP contribution is -2.25. The second-order valence-corrected chi connectivity index (χ2v) is 5.89. The van der Waals surface area contributed by atoms with Crippen LogP contribution in [0.1, 0.15) is 30.9 Å². The van der Waals surface area contributed by atoms with E-state index in [-0.39, 0.29) is 0 Å². The molecule has 22 heavy (non-hydrogen) atoms. The SMILES string of the molecule is CC(C)c1cn(C)c2ccc(C(=N)n3ccccc3=N)cc12. The van der Waals surface area contributed by atoms with Crippen LogP contribution < -0.4 is 5.49 Å². The van der Waals surface area contributed by atoms with Gasteiger partial charge in [0.15, 0.2) is 0 Å². The van der Waals surface area contributed by atoms with Crippen LogP contribution in [0.4, 0.5) is 0 Å². The molecule has 0 fully saturated rings. The summed E-state index contributed by atoms with van der Waals surface area (Å²) in [5.41, 5.74) is 3.59. The summed E-state index contributed by atoms with van der Waals surface area (Å²) in [6.07, 6.45) is 3.91. The molecular weight excluding hydrogens is 272 g/mol. The van der Waals surface area contributed by atoms with Crippen LogP contribution in [0.2, 0.25) is 0 Å². The molecule has 0 radical (unpaired) electrons. The minimum atomic E-state index is 0.310. The third-order valence-corrected chi connectivity index (χ3v) is 4.02. The molecule has 0 aliphatic rings. The molecule has 0 spiro atoms. The summed E-state index contributed by atoms with van der Waals surface area (Å²) in [5.74, 6) is 0.760. The third-order valence-electron chi connectivity index (χ3n) is 4.02. The molecule has 3 aromatic rings. The van der Waals surface area contributed by atoms with E-state index in [0.717, 1.165) is 5.56 Å². The summed E-state index contributed by atoms with van der Waals surface area (Å²) < 4.78 is 3.71. The number of nitrogens with one attached hydrogen (secondary N) is 2. The first-order valence-electron chi connectivity index (χ1n) is 7.39. The van der Waals surface area contributed by atoms with Crippen LogP contribution >= 0.6 is 0 Å². The number of rotatable bonds is 2. The molecule has 112 valence electrons. The Labute approximate surface area is 129 Å². The van der Waals surface area contributed by atoms with Crippen molar-refractivity contribution in [3.05, 3.63) is 65.4 Å². The number of aromatic nitrogens is 2. The van der Waals surface area contributed by atoms with Crippen molar-refractivity contribution in [3.63, 3.8) is 0 Å². The molecule has 0 atom stereocenters. The Bertz CT molecular complexity index is 912. The van der Waals surface area contributed by atoms with Crippen molar-refractivity contribution in [2.24, 2.45) is 7.05 Å². The number of aryl methyl sites for hydroxylation is 1. The van der Waals surface area contributed by atoms with E-state index in [1.165, 1.54) is 16.5 Å². The second-order valence-electron chi connectivity index (χ2n) is 5.89. The monoisotopic (exact) mass is 292 g/mol. The Morgan fingerprint density at radius 3 is 2.59 bits per heavy atom. The summed E-state index contributed by atoms with van der Waals surface area (Å²) in [5, 5.41) is 17.5. The van der Waals surface area contributed by atoms with E-state index in [1.54, 1.807) is 16.8 Å². The highest BCUT2D eigenvalue weighted by Gasteiger charge is 2.12. The molecule has 0 unspecified atom stereocenters. The van der Waals surface area contributed by atoms with Crippen molar-refractivity contribution in [2.45, 2.75) is 19.8 Å². The molecular formula is C18H20N4. The van der Waals surface area contributed by atoms with E-state index in [0.29, 0.717) is 17.2 Å². The first kappa shape index (κ1) is 14.3. The van der Waals surface area contributed by atoms with Gasteiger partial charge in [-0.15, -0.1) is 0 Å². The topological polar surface area (TPSA) is 57.6 Å². The highest BCUT2D eigenvalue weighted by Crippen LogP contribution is 2.28. The fraction of sp³-hybridized carbons (Fsp3) is 0.222. The van der Waals surface area contributed by atoms with E-state index in [1.807, 2.05) is 25.2 Å². The maximum Gasteiger partial charge on any atom is 0.137 e. The average Bonchev–Trinajstić information content (AvgIpc) is 2.84. The Balaban J connectivity index is 2.16. The molecule has 0 aliphatic heterocycles. The summed E-state index contributed by atoms with van der Waals surface area (Å²) in [6, 6.07) is 11.4. The number of pyridine rings is 1. The zero-order valence-electron chi connectivity index (χ0n) is 13.1. The lowest BCUT2D eigenvalue weighted by Gasteiger charge is -2.10. The molecule has 2 aromatic heterocycles. The number of nitrogens with zero attached hydrogens (tertiary/aromatic N) is 2. The minimum absolute atomic E-state index is 0.310. The van der Waals surface area contributed by atoms with Crippen LogP contribution in [-0.2, 0) is 7.05 Å². The van der Waals surface area contributed by atoms with E-state index in [9.17, 15) is 0 Å². The standard InChI is InChI=1S/C18H20N4/c1-12(2)15-11-21(3)16-8-7-13(10-14(15)16)18(20)22-9-5-4-6-17(22)19/h4-12,19-20H,1-3H3. The summed E-state index contributed by atoms with van der Waals surface area (Å²) in [7, 11) is 2.05. The Morgan fingerprint density at radius 1 is 1.14 bits per heavy atom. The molecule has 0 saturated heterocycles. The van der Waals surface area contributed by atoms with Crippen molar-refractivity contribution < 1.29 is 0 Å². The Morgan fingerprint density at radius 2 is 1.91 bits per heavy atom. The normalized spacial score (nSPS) is 11.3. The molecule has 2 N–H and O–H groups in total. The molecule has 0 bridgehead atoms. The van der Waals surface area contributed by atoms with Gasteiger partial charge in [-0.2, -0.15) is 0 Å². The van der Waals surface area contributed by atoms with Crippen LogP contribution in [-0.4, -0.2) is 15.0 Å². The molecule has 2 heterocycles. The fourth-order valence-corrected chi connectivity index (χ4v) is 2.81. The van der Waals surface area contributed by atoms with E-state index >= 15 is 0 Å². The van der Waals surface area contributed by atoms with Crippen molar-refractivity contribution >= 4 is 16.7 Å².